The first-order valence-corrected chi connectivity index (χ1v) is 12.0. The smallest absolute Gasteiger partial charge is 0.257 e. The van der Waals surface area contributed by atoms with Gasteiger partial charge in [-0.1, -0.05) is 19.9 Å². The molecule has 1 fully saturated rings. The second-order valence-corrected chi connectivity index (χ2v) is 11.0. The second-order valence-electron chi connectivity index (χ2n) is 7.99. The summed E-state index contributed by atoms with van der Waals surface area (Å²) in [7, 11) is -3.61. The van der Waals surface area contributed by atoms with Crippen LogP contribution >= 0.6 is 11.3 Å². The van der Waals surface area contributed by atoms with Crippen molar-refractivity contribution in [2.75, 3.05) is 18.4 Å². The topological polar surface area (TPSA) is 79.4 Å². The van der Waals surface area contributed by atoms with Crippen molar-refractivity contribution in [1.29, 1.82) is 0 Å². The minimum absolute atomic E-state index is 0.170. The lowest BCUT2D eigenvalue weighted by molar-refractivity contribution is 0.102. The van der Waals surface area contributed by atoms with Gasteiger partial charge < -0.3 is 0 Å². The van der Waals surface area contributed by atoms with E-state index in [1.807, 2.05) is 0 Å². The standard InChI is InChI=1S/C20H25N3O3S2/c1-13-9-14(2)12-23(11-13)28(25,26)16-6-3-5-15(10-16)19(24)22-20-21-17-7-4-8-18(17)27-20/h3,5-6,10,13-14H,4,7-9,11-12H2,1-2H3,(H,21,22,24)/t13-,14+. The van der Waals surface area contributed by atoms with Crippen molar-refractivity contribution in [3.05, 3.63) is 40.4 Å². The van der Waals surface area contributed by atoms with Gasteiger partial charge in [-0.15, -0.1) is 11.3 Å². The minimum Gasteiger partial charge on any atom is -0.298 e. The number of sulfonamides is 1. The molecule has 1 aliphatic heterocycles. The summed E-state index contributed by atoms with van der Waals surface area (Å²) in [4.78, 5) is 18.5. The summed E-state index contributed by atoms with van der Waals surface area (Å²) in [5, 5.41) is 3.40. The molecule has 2 aromatic rings. The molecule has 2 atom stereocenters. The van der Waals surface area contributed by atoms with Crippen LogP contribution < -0.4 is 5.32 Å². The molecule has 6 nitrogen and oxygen atoms in total. The van der Waals surface area contributed by atoms with E-state index in [0.29, 0.717) is 35.6 Å². The Balaban J connectivity index is 1.54. The predicted molar refractivity (Wildman–Crippen MR) is 110 cm³/mol. The fourth-order valence-corrected chi connectivity index (χ4v) is 6.93. The summed E-state index contributed by atoms with van der Waals surface area (Å²) in [6, 6.07) is 6.29. The number of aromatic nitrogens is 1. The Bertz CT molecular complexity index is 968. The van der Waals surface area contributed by atoms with Crippen LogP contribution in [0.1, 0.15) is 47.6 Å². The van der Waals surface area contributed by atoms with Gasteiger partial charge >= 0.3 is 0 Å². The quantitative estimate of drug-likeness (QED) is 0.822. The Kier molecular flexibility index (Phi) is 5.28. The molecule has 1 amide bonds. The van der Waals surface area contributed by atoms with Gasteiger partial charge in [0.1, 0.15) is 0 Å². The lowest BCUT2D eigenvalue weighted by Gasteiger charge is -2.34. The Morgan fingerprint density at radius 3 is 2.68 bits per heavy atom. The molecule has 0 unspecified atom stereocenters. The van der Waals surface area contributed by atoms with Crippen LogP contribution in [0.4, 0.5) is 5.13 Å². The number of carbonyl (C=O) groups excluding carboxylic acids is 1. The number of piperidine rings is 1. The summed E-state index contributed by atoms with van der Waals surface area (Å²) >= 11 is 1.51. The van der Waals surface area contributed by atoms with Gasteiger partial charge in [0, 0.05) is 23.5 Å². The van der Waals surface area contributed by atoms with E-state index in [0.717, 1.165) is 31.4 Å². The molecule has 0 bridgehead atoms. The molecule has 2 heterocycles. The van der Waals surface area contributed by atoms with E-state index in [4.69, 9.17) is 0 Å². The summed E-state index contributed by atoms with van der Waals surface area (Å²) in [5.74, 6) is 0.332. The highest BCUT2D eigenvalue weighted by molar-refractivity contribution is 7.89. The minimum atomic E-state index is -3.61. The maximum atomic E-state index is 13.1. The number of nitrogens with zero attached hydrogens (tertiary/aromatic N) is 2. The molecule has 0 radical (unpaired) electrons. The molecular formula is C20H25N3O3S2. The SMILES string of the molecule is C[C@@H]1C[C@H](C)CN(S(=O)(=O)c2cccc(C(=O)Nc3nc4c(s3)CCC4)c2)C1. The largest absolute Gasteiger partial charge is 0.298 e. The molecule has 1 saturated heterocycles. The summed E-state index contributed by atoms with van der Waals surface area (Å²) < 4.78 is 27.7. The lowest BCUT2D eigenvalue weighted by Crippen LogP contribution is -2.42. The van der Waals surface area contributed by atoms with Gasteiger partial charge in [0.2, 0.25) is 10.0 Å². The van der Waals surface area contributed by atoms with Crippen molar-refractivity contribution in [1.82, 2.24) is 9.29 Å². The van der Waals surface area contributed by atoms with Crippen LogP contribution in [0.15, 0.2) is 29.2 Å². The molecule has 1 N–H and O–H groups in total. The molecule has 28 heavy (non-hydrogen) atoms. The van der Waals surface area contributed by atoms with Gasteiger partial charge in [0.25, 0.3) is 5.91 Å². The van der Waals surface area contributed by atoms with E-state index in [9.17, 15) is 13.2 Å². The van der Waals surface area contributed by atoms with Gasteiger partial charge in [-0.2, -0.15) is 4.31 Å². The van der Waals surface area contributed by atoms with Crippen molar-refractivity contribution >= 4 is 32.4 Å². The van der Waals surface area contributed by atoms with Gasteiger partial charge in [0.05, 0.1) is 10.6 Å². The van der Waals surface area contributed by atoms with Crippen LogP contribution in [0.3, 0.4) is 0 Å². The second kappa shape index (κ2) is 7.57. The van der Waals surface area contributed by atoms with E-state index in [2.05, 4.69) is 24.1 Å². The van der Waals surface area contributed by atoms with E-state index in [1.165, 1.54) is 22.3 Å². The fourth-order valence-electron chi connectivity index (χ4n) is 4.16. The highest BCUT2D eigenvalue weighted by Gasteiger charge is 2.32. The van der Waals surface area contributed by atoms with Crippen molar-refractivity contribution in [2.45, 2.75) is 44.4 Å². The van der Waals surface area contributed by atoms with Crippen molar-refractivity contribution in [3.8, 4) is 0 Å². The third-order valence-electron chi connectivity index (χ3n) is 5.39. The average molecular weight is 420 g/mol. The normalized spacial score (nSPS) is 22.8. The Labute approximate surface area is 170 Å². The molecule has 4 rings (SSSR count). The Morgan fingerprint density at radius 2 is 1.96 bits per heavy atom. The van der Waals surface area contributed by atoms with Crippen LogP contribution in [-0.4, -0.2) is 36.7 Å². The first-order chi connectivity index (χ1) is 13.3. The average Bonchev–Trinajstić information content (AvgIpc) is 3.22. The lowest BCUT2D eigenvalue weighted by atomic mass is 9.94. The molecule has 1 aromatic carbocycles. The maximum absolute atomic E-state index is 13.1. The molecular weight excluding hydrogens is 394 g/mol. The highest BCUT2D eigenvalue weighted by atomic mass is 32.2. The van der Waals surface area contributed by atoms with Crippen molar-refractivity contribution < 1.29 is 13.2 Å². The number of nitrogens with one attached hydrogen (secondary N) is 1. The zero-order valence-corrected chi connectivity index (χ0v) is 17.8. The number of carbonyl (C=O) groups is 1. The van der Waals surface area contributed by atoms with Crippen LogP contribution in [0.25, 0.3) is 0 Å². The Hall–Kier alpha value is -1.77. The summed E-state index contributed by atoms with van der Waals surface area (Å²) in [5.41, 5.74) is 1.40. The number of hydrogen-bond acceptors (Lipinski definition) is 5. The van der Waals surface area contributed by atoms with Crippen LogP contribution in [0, 0.1) is 11.8 Å². The zero-order chi connectivity index (χ0) is 19.9. The van der Waals surface area contributed by atoms with Crippen LogP contribution in [-0.2, 0) is 22.9 Å². The number of aryl methyl sites for hydroxylation is 2. The van der Waals surface area contributed by atoms with Gasteiger partial charge in [0.15, 0.2) is 5.13 Å². The van der Waals surface area contributed by atoms with E-state index in [1.54, 1.807) is 22.5 Å². The van der Waals surface area contributed by atoms with E-state index in [-0.39, 0.29) is 10.8 Å². The Morgan fingerprint density at radius 1 is 1.21 bits per heavy atom. The molecule has 1 aromatic heterocycles. The number of fused-ring (bicyclic) bond motifs is 1. The number of benzene rings is 1. The molecule has 150 valence electrons. The van der Waals surface area contributed by atoms with Gasteiger partial charge in [-0.05, 0) is 55.7 Å². The van der Waals surface area contributed by atoms with E-state index >= 15 is 0 Å². The summed E-state index contributed by atoms with van der Waals surface area (Å²) in [6.45, 7) is 5.20. The van der Waals surface area contributed by atoms with Crippen LogP contribution in [0.5, 0.6) is 0 Å². The number of hydrogen-bond donors (Lipinski definition) is 1. The number of rotatable bonds is 4. The van der Waals surface area contributed by atoms with Gasteiger partial charge in [-0.3, -0.25) is 10.1 Å². The highest BCUT2D eigenvalue weighted by Crippen LogP contribution is 2.31. The van der Waals surface area contributed by atoms with Crippen molar-refractivity contribution in [2.24, 2.45) is 11.8 Å². The molecule has 0 saturated carbocycles. The first kappa shape index (κ1) is 19.5. The molecule has 0 spiro atoms. The van der Waals surface area contributed by atoms with Gasteiger partial charge in [-0.25, -0.2) is 13.4 Å². The third-order valence-corrected chi connectivity index (χ3v) is 8.29. The van der Waals surface area contributed by atoms with Crippen molar-refractivity contribution in [3.63, 3.8) is 0 Å². The zero-order valence-electron chi connectivity index (χ0n) is 16.1. The summed E-state index contributed by atoms with van der Waals surface area (Å²) in [6.07, 6.45) is 4.13. The predicted octanol–water partition coefficient (Wildman–Crippen LogP) is 3.55. The number of amides is 1. The molecule has 8 heteroatoms. The molecule has 2 aliphatic rings. The third kappa shape index (κ3) is 3.86. The number of thiazole rings is 1. The fraction of sp³-hybridized carbons (Fsp3) is 0.500. The van der Waals surface area contributed by atoms with E-state index < -0.39 is 10.0 Å². The van der Waals surface area contributed by atoms with Crippen LogP contribution in [0.2, 0.25) is 0 Å². The number of anilines is 1. The first-order valence-electron chi connectivity index (χ1n) is 9.73. The molecule has 1 aliphatic carbocycles. The monoisotopic (exact) mass is 419 g/mol. The maximum Gasteiger partial charge on any atom is 0.257 e.